The number of pyridine rings is 1. The average Bonchev–Trinajstić information content (AvgIpc) is 3.14. The summed E-state index contributed by atoms with van der Waals surface area (Å²) in [6.07, 6.45) is 3.05. The summed E-state index contributed by atoms with van der Waals surface area (Å²) < 4.78 is 0.897. The van der Waals surface area contributed by atoms with Crippen LogP contribution in [0.15, 0.2) is 52.2 Å². The van der Waals surface area contributed by atoms with E-state index in [4.69, 9.17) is 16.4 Å². The standard InChI is InChI=1S/C20H19BrClN5O3/c21-13-2-1-3-15(10-13)24-19(29)27-8-6-20(7-9-27)11-16(26-30-20)18(28)25-17-5-4-14(22)12-23-17/h1-5,10,12H,6-9,11H2,(H,24,29)(H,23,25,28). The van der Waals surface area contributed by atoms with Crippen LogP contribution in [0.3, 0.4) is 0 Å². The van der Waals surface area contributed by atoms with Gasteiger partial charge in [0.15, 0.2) is 0 Å². The van der Waals surface area contributed by atoms with E-state index in [1.165, 1.54) is 6.20 Å². The smallest absolute Gasteiger partial charge is 0.321 e. The summed E-state index contributed by atoms with van der Waals surface area (Å²) in [4.78, 5) is 36.4. The van der Waals surface area contributed by atoms with Crippen LogP contribution >= 0.6 is 27.5 Å². The molecule has 1 saturated heterocycles. The van der Waals surface area contributed by atoms with Crippen molar-refractivity contribution in [2.24, 2.45) is 5.16 Å². The first-order chi connectivity index (χ1) is 14.4. The third kappa shape index (κ3) is 4.73. The van der Waals surface area contributed by atoms with E-state index >= 15 is 0 Å². The number of likely N-dealkylation sites (tertiary alicyclic amines) is 1. The van der Waals surface area contributed by atoms with Crippen LogP contribution in [0.5, 0.6) is 0 Å². The highest BCUT2D eigenvalue weighted by Crippen LogP contribution is 2.35. The molecule has 1 fully saturated rings. The normalized spacial score (nSPS) is 17.3. The van der Waals surface area contributed by atoms with Gasteiger partial charge >= 0.3 is 6.03 Å². The van der Waals surface area contributed by atoms with Crippen LogP contribution in [-0.2, 0) is 9.63 Å². The highest BCUT2D eigenvalue weighted by Gasteiger charge is 2.44. The van der Waals surface area contributed by atoms with Crippen molar-refractivity contribution < 1.29 is 14.4 Å². The van der Waals surface area contributed by atoms with Crippen LogP contribution in [0.2, 0.25) is 5.02 Å². The van der Waals surface area contributed by atoms with E-state index in [0.29, 0.717) is 48.9 Å². The van der Waals surface area contributed by atoms with Crippen LogP contribution in [0, 0.1) is 0 Å². The lowest BCUT2D eigenvalue weighted by atomic mass is 9.87. The molecule has 0 aliphatic carbocycles. The second-order valence-corrected chi connectivity index (χ2v) is 8.58. The lowest BCUT2D eigenvalue weighted by Gasteiger charge is -2.37. The number of amides is 3. The van der Waals surface area contributed by atoms with Crippen LogP contribution in [0.4, 0.5) is 16.3 Å². The quantitative estimate of drug-likeness (QED) is 0.668. The third-order valence-corrected chi connectivity index (χ3v) is 5.82. The lowest BCUT2D eigenvalue weighted by Crippen LogP contribution is -2.48. The van der Waals surface area contributed by atoms with Crippen molar-refractivity contribution in [2.75, 3.05) is 23.7 Å². The fourth-order valence-corrected chi connectivity index (χ4v) is 3.95. The van der Waals surface area contributed by atoms with Crippen molar-refractivity contribution in [3.8, 4) is 0 Å². The molecule has 1 spiro atoms. The van der Waals surface area contributed by atoms with Gasteiger partial charge in [-0.05, 0) is 30.3 Å². The molecule has 1 aromatic carbocycles. The van der Waals surface area contributed by atoms with Crippen LogP contribution in [0.1, 0.15) is 19.3 Å². The Morgan fingerprint density at radius 1 is 1.17 bits per heavy atom. The fourth-order valence-electron chi connectivity index (χ4n) is 3.44. The van der Waals surface area contributed by atoms with Crippen LogP contribution in [-0.4, -0.2) is 46.2 Å². The summed E-state index contributed by atoms with van der Waals surface area (Å²) in [7, 11) is 0. The molecule has 3 amide bonds. The molecule has 2 aromatic rings. The van der Waals surface area contributed by atoms with Crippen molar-refractivity contribution in [2.45, 2.75) is 24.9 Å². The van der Waals surface area contributed by atoms with Crippen molar-refractivity contribution >= 4 is 56.7 Å². The molecule has 3 heterocycles. The molecule has 1 aromatic heterocycles. The molecule has 156 valence electrons. The molecular formula is C20H19BrClN5O3. The van der Waals surface area contributed by atoms with Gasteiger partial charge in [0.25, 0.3) is 5.91 Å². The Bertz CT molecular complexity index is 990. The molecule has 0 unspecified atom stereocenters. The molecule has 8 nitrogen and oxygen atoms in total. The minimum atomic E-state index is -0.549. The Morgan fingerprint density at radius 2 is 1.97 bits per heavy atom. The van der Waals surface area contributed by atoms with E-state index < -0.39 is 5.60 Å². The van der Waals surface area contributed by atoms with Gasteiger partial charge in [0.05, 0.1) is 5.02 Å². The number of oxime groups is 1. The first-order valence-electron chi connectivity index (χ1n) is 9.42. The predicted octanol–water partition coefficient (Wildman–Crippen LogP) is 4.28. The molecule has 30 heavy (non-hydrogen) atoms. The van der Waals surface area contributed by atoms with Gasteiger partial charge in [-0.25, -0.2) is 9.78 Å². The molecule has 2 aliphatic heterocycles. The Kier molecular flexibility index (Phi) is 5.92. The second-order valence-electron chi connectivity index (χ2n) is 7.23. The molecule has 0 bridgehead atoms. The number of aromatic nitrogens is 1. The number of hydrogen-bond acceptors (Lipinski definition) is 5. The van der Waals surface area contributed by atoms with E-state index in [2.05, 4.69) is 36.7 Å². The molecular weight excluding hydrogens is 474 g/mol. The van der Waals surface area contributed by atoms with E-state index in [-0.39, 0.29) is 11.9 Å². The maximum Gasteiger partial charge on any atom is 0.321 e. The molecule has 2 N–H and O–H groups in total. The Balaban J connectivity index is 1.29. The van der Waals surface area contributed by atoms with Gasteiger partial charge in [-0.3, -0.25) is 4.79 Å². The lowest BCUT2D eigenvalue weighted by molar-refractivity contribution is -0.110. The number of anilines is 2. The maximum absolute atomic E-state index is 12.5. The van der Waals surface area contributed by atoms with Crippen LogP contribution < -0.4 is 10.6 Å². The number of carbonyl (C=O) groups excluding carboxylic acids is 2. The molecule has 0 saturated carbocycles. The van der Waals surface area contributed by atoms with E-state index in [1.807, 2.05) is 24.3 Å². The van der Waals surface area contributed by atoms with Gasteiger partial charge in [-0.1, -0.05) is 38.8 Å². The highest BCUT2D eigenvalue weighted by atomic mass is 79.9. The zero-order valence-electron chi connectivity index (χ0n) is 15.9. The first kappa shape index (κ1) is 20.6. The topological polar surface area (TPSA) is 95.9 Å². The molecule has 4 rings (SSSR count). The number of carbonyl (C=O) groups is 2. The number of benzene rings is 1. The number of rotatable bonds is 3. The largest absolute Gasteiger partial charge is 0.388 e. The maximum atomic E-state index is 12.5. The second kappa shape index (κ2) is 8.61. The van der Waals surface area contributed by atoms with Gasteiger partial charge in [-0.2, -0.15) is 0 Å². The minimum absolute atomic E-state index is 0.159. The first-order valence-corrected chi connectivity index (χ1v) is 10.6. The Hall–Kier alpha value is -2.65. The third-order valence-electron chi connectivity index (χ3n) is 5.11. The Morgan fingerprint density at radius 3 is 2.67 bits per heavy atom. The number of halogens is 2. The van der Waals surface area contributed by atoms with Crippen molar-refractivity contribution in [1.82, 2.24) is 9.88 Å². The zero-order valence-corrected chi connectivity index (χ0v) is 18.2. The van der Waals surface area contributed by atoms with Crippen LogP contribution in [0.25, 0.3) is 0 Å². The molecule has 10 heteroatoms. The van der Waals surface area contributed by atoms with Crippen molar-refractivity contribution in [3.63, 3.8) is 0 Å². The van der Waals surface area contributed by atoms with Crippen molar-refractivity contribution in [3.05, 3.63) is 52.1 Å². The van der Waals surface area contributed by atoms with Crippen molar-refractivity contribution in [1.29, 1.82) is 0 Å². The number of urea groups is 1. The monoisotopic (exact) mass is 491 g/mol. The predicted molar refractivity (Wildman–Crippen MR) is 118 cm³/mol. The van der Waals surface area contributed by atoms with Gasteiger partial charge in [0, 0.05) is 48.7 Å². The number of nitrogens with zero attached hydrogens (tertiary/aromatic N) is 3. The summed E-state index contributed by atoms with van der Waals surface area (Å²) in [6.45, 7) is 1.03. The summed E-state index contributed by atoms with van der Waals surface area (Å²) >= 11 is 9.20. The number of piperidine rings is 1. The number of hydrogen-bond donors (Lipinski definition) is 2. The zero-order chi connectivity index (χ0) is 21.1. The summed E-state index contributed by atoms with van der Waals surface area (Å²) in [5.41, 5.74) is 0.496. The van der Waals surface area contributed by atoms with E-state index in [1.54, 1.807) is 17.0 Å². The average molecular weight is 493 g/mol. The molecule has 0 atom stereocenters. The molecule has 2 aliphatic rings. The number of nitrogens with one attached hydrogen (secondary N) is 2. The minimum Gasteiger partial charge on any atom is -0.388 e. The fraction of sp³-hybridized carbons (Fsp3) is 0.300. The van der Waals surface area contributed by atoms with Gasteiger partial charge < -0.3 is 20.4 Å². The van der Waals surface area contributed by atoms with Gasteiger partial charge in [0.2, 0.25) is 0 Å². The highest BCUT2D eigenvalue weighted by molar-refractivity contribution is 9.10. The van der Waals surface area contributed by atoms with E-state index in [0.717, 1.165) is 10.2 Å². The Labute approximate surface area is 186 Å². The summed E-state index contributed by atoms with van der Waals surface area (Å²) in [5.74, 6) is 0.0450. The summed E-state index contributed by atoms with van der Waals surface area (Å²) in [5, 5.41) is 10.1. The molecule has 0 radical (unpaired) electrons. The van der Waals surface area contributed by atoms with Gasteiger partial charge in [0.1, 0.15) is 17.1 Å². The summed E-state index contributed by atoms with van der Waals surface area (Å²) in [6, 6.07) is 10.5. The van der Waals surface area contributed by atoms with E-state index in [9.17, 15) is 9.59 Å². The van der Waals surface area contributed by atoms with Gasteiger partial charge in [-0.15, -0.1) is 0 Å². The SMILES string of the molecule is O=C(Nc1ccc(Cl)cn1)C1=NOC2(CCN(C(=O)Nc3cccc(Br)c3)CC2)C1.